The Balaban J connectivity index is 3.17. The van der Waals surface area contributed by atoms with Gasteiger partial charge >= 0.3 is 0 Å². The number of hydrogen-bond acceptors (Lipinski definition) is 2. The van der Waals surface area contributed by atoms with E-state index < -0.39 is 9.90 Å². The van der Waals surface area contributed by atoms with Crippen LogP contribution in [-0.2, 0) is 4.74 Å². The molecule has 0 aromatic heterocycles. The molecule has 0 aliphatic carbocycles. The Morgan fingerprint density at radius 1 is 0.864 bits per heavy atom. The molecule has 1 N–H and O–H groups in total. The minimum Gasteiger partial charge on any atom is -0.391 e. The molecular formula is C17H33Cl3O2. The van der Waals surface area contributed by atoms with Crippen molar-refractivity contribution in [1.82, 2.24) is 0 Å². The predicted molar refractivity (Wildman–Crippen MR) is 98.1 cm³/mol. The molecule has 0 heterocycles. The molecule has 0 rings (SSSR count). The number of halogens is 3. The summed E-state index contributed by atoms with van der Waals surface area (Å²) in [5, 5.41) is 9.58. The van der Waals surface area contributed by atoms with Crippen LogP contribution >= 0.6 is 34.8 Å². The molecule has 0 radical (unpaired) electrons. The molecule has 2 nitrogen and oxygen atoms in total. The molecule has 0 aliphatic heterocycles. The van der Waals surface area contributed by atoms with Crippen molar-refractivity contribution >= 4 is 34.8 Å². The monoisotopic (exact) mass is 374 g/mol. The molecule has 0 saturated carbocycles. The van der Waals surface area contributed by atoms with Gasteiger partial charge in [-0.25, -0.2) is 0 Å². The average Bonchev–Trinajstić information content (AvgIpc) is 2.37. The van der Waals surface area contributed by atoms with Crippen molar-refractivity contribution in [2.24, 2.45) is 5.92 Å². The lowest BCUT2D eigenvalue weighted by molar-refractivity contribution is 0.0316. The second-order valence-electron chi connectivity index (χ2n) is 6.56. The Morgan fingerprint density at radius 3 is 1.86 bits per heavy atom. The van der Waals surface area contributed by atoms with Crippen molar-refractivity contribution in [3.8, 4) is 0 Å². The van der Waals surface area contributed by atoms with Gasteiger partial charge in [0.2, 0.25) is 0 Å². The van der Waals surface area contributed by atoms with Gasteiger partial charge in [-0.05, 0) is 12.3 Å². The summed E-state index contributed by atoms with van der Waals surface area (Å²) in [4.78, 5) is 0. The third-order valence-corrected chi connectivity index (χ3v) is 4.06. The van der Waals surface area contributed by atoms with Crippen LogP contribution in [0, 0.1) is 5.92 Å². The summed E-state index contributed by atoms with van der Waals surface area (Å²) in [6, 6.07) is 0. The van der Waals surface area contributed by atoms with Gasteiger partial charge in [0.25, 0.3) is 0 Å². The lowest BCUT2D eigenvalue weighted by Gasteiger charge is -2.16. The summed E-state index contributed by atoms with van der Waals surface area (Å²) in [6.45, 7) is 5.49. The first-order valence-corrected chi connectivity index (χ1v) is 9.77. The third kappa shape index (κ3) is 18.8. The highest BCUT2D eigenvalue weighted by molar-refractivity contribution is 6.67. The SMILES string of the molecule is CC(C)CCCCCCCCCCOCC(O)CC(Cl)(Cl)Cl. The van der Waals surface area contributed by atoms with Gasteiger partial charge in [-0.2, -0.15) is 0 Å². The summed E-state index contributed by atoms with van der Waals surface area (Å²) in [6.07, 6.45) is 11.0. The van der Waals surface area contributed by atoms with E-state index in [0.29, 0.717) is 6.61 Å². The molecule has 0 aromatic carbocycles. The van der Waals surface area contributed by atoms with Gasteiger partial charge in [0.15, 0.2) is 3.79 Å². The Labute approximate surface area is 151 Å². The molecule has 22 heavy (non-hydrogen) atoms. The van der Waals surface area contributed by atoms with E-state index >= 15 is 0 Å². The van der Waals surface area contributed by atoms with Crippen molar-refractivity contribution in [1.29, 1.82) is 0 Å². The Hall–Kier alpha value is 0.790. The fourth-order valence-corrected chi connectivity index (χ4v) is 2.90. The predicted octanol–water partition coefficient (Wildman–Crippen LogP) is 6.29. The Morgan fingerprint density at radius 2 is 1.36 bits per heavy atom. The molecule has 1 atom stereocenters. The largest absolute Gasteiger partial charge is 0.391 e. The molecule has 0 saturated heterocycles. The lowest BCUT2D eigenvalue weighted by atomic mass is 10.0. The van der Waals surface area contributed by atoms with Crippen LogP contribution in [0.1, 0.15) is 78.1 Å². The standard InChI is InChI=1S/C17H33Cl3O2/c1-15(2)11-9-7-5-3-4-6-8-10-12-22-14-16(21)13-17(18,19)20/h15-16,21H,3-14H2,1-2H3. The van der Waals surface area contributed by atoms with E-state index in [1.54, 1.807) is 0 Å². The van der Waals surface area contributed by atoms with Crippen molar-refractivity contribution in [3.63, 3.8) is 0 Å². The number of ether oxygens (including phenoxy) is 1. The van der Waals surface area contributed by atoms with Crippen LogP contribution in [0.5, 0.6) is 0 Å². The van der Waals surface area contributed by atoms with E-state index in [4.69, 9.17) is 39.5 Å². The van der Waals surface area contributed by atoms with E-state index in [9.17, 15) is 5.11 Å². The number of unbranched alkanes of at least 4 members (excludes halogenated alkanes) is 7. The smallest absolute Gasteiger partial charge is 0.193 e. The fraction of sp³-hybridized carbons (Fsp3) is 1.00. The maximum absolute atomic E-state index is 9.58. The molecule has 0 bridgehead atoms. The molecule has 134 valence electrons. The number of aliphatic hydroxyl groups is 1. The van der Waals surface area contributed by atoms with Gasteiger partial charge < -0.3 is 9.84 Å². The zero-order chi connectivity index (χ0) is 16.8. The maximum Gasteiger partial charge on any atom is 0.193 e. The van der Waals surface area contributed by atoms with Gasteiger partial charge in [0.05, 0.1) is 12.7 Å². The van der Waals surface area contributed by atoms with Gasteiger partial charge in [-0.3, -0.25) is 0 Å². The Kier molecular flexibility index (Phi) is 14.7. The molecule has 0 fully saturated rings. The first kappa shape index (κ1) is 22.8. The van der Waals surface area contributed by atoms with Crippen molar-refractivity contribution in [2.75, 3.05) is 13.2 Å². The fourth-order valence-electron chi connectivity index (χ4n) is 2.36. The summed E-state index contributed by atoms with van der Waals surface area (Å²) >= 11 is 16.8. The summed E-state index contributed by atoms with van der Waals surface area (Å²) in [5.41, 5.74) is 0. The zero-order valence-electron chi connectivity index (χ0n) is 14.1. The van der Waals surface area contributed by atoms with Crippen LogP contribution in [-0.4, -0.2) is 28.2 Å². The van der Waals surface area contributed by atoms with E-state index in [-0.39, 0.29) is 13.0 Å². The van der Waals surface area contributed by atoms with Gasteiger partial charge in [0, 0.05) is 13.0 Å². The number of aliphatic hydroxyl groups excluding tert-OH is 1. The number of alkyl halides is 3. The molecule has 1 unspecified atom stereocenters. The van der Waals surface area contributed by atoms with Crippen LogP contribution < -0.4 is 0 Å². The van der Waals surface area contributed by atoms with Crippen molar-refractivity contribution in [3.05, 3.63) is 0 Å². The first-order valence-electron chi connectivity index (χ1n) is 8.64. The number of rotatable bonds is 14. The van der Waals surface area contributed by atoms with Crippen molar-refractivity contribution < 1.29 is 9.84 Å². The molecule has 0 aromatic rings. The van der Waals surface area contributed by atoms with E-state index in [1.807, 2.05) is 0 Å². The lowest BCUT2D eigenvalue weighted by Crippen LogP contribution is -2.22. The van der Waals surface area contributed by atoms with E-state index in [1.165, 1.54) is 51.4 Å². The highest BCUT2D eigenvalue weighted by Gasteiger charge is 2.24. The minimum atomic E-state index is -1.40. The quantitative estimate of drug-likeness (QED) is 0.285. The van der Waals surface area contributed by atoms with E-state index in [0.717, 1.165) is 12.3 Å². The van der Waals surface area contributed by atoms with Gasteiger partial charge in [-0.15, -0.1) is 0 Å². The second kappa shape index (κ2) is 14.2. The second-order valence-corrected chi connectivity index (χ2v) is 9.08. The molecule has 0 spiro atoms. The third-order valence-electron chi connectivity index (χ3n) is 3.60. The normalized spacial score (nSPS) is 13.8. The first-order chi connectivity index (χ1) is 10.3. The van der Waals surface area contributed by atoms with Crippen LogP contribution in [0.3, 0.4) is 0 Å². The molecular weight excluding hydrogens is 343 g/mol. The van der Waals surface area contributed by atoms with Crippen LogP contribution in [0.15, 0.2) is 0 Å². The summed E-state index contributed by atoms with van der Waals surface area (Å²) in [5.74, 6) is 0.841. The Bertz CT molecular complexity index is 243. The molecule has 0 amide bonds. The molecule has 0 aliphatic rings. The highest BCUT2D eigenvalue weighted by atomic mass is 35.6. The summed E-state index contributed by atoms with van der Waals surface area (Å²) < 4.78 is 3.99. The molecule has 5 heteroatoms. The van der Waals surface area contributed by atoms with Crippen LogP contribution in [0.4, 0.5) is 0 Å². The van der Waals surface area contributed by atoms with Crippen LogP contribution in [0.25, 0.3) is 0 Å². The number of hydrogen-bond donors (Lipinski definition) is 1. The van der Waals surface area contributed by atoms with Gasteiger partial charge in [-0.1, -0.05) is 100 Å². The topological polar surface area (TPSA) is 29.5 Å². The average molecular weight is 376 g/mol. The zero-order valence-corrected chi connectivity index (χ0v) is 16.4. The van der Waals surface area contributed by atoms with E-state index in [2.05, 4.69) is 13.8 Å². The minimum absolute atomic E-state index is 0.106. The highest BCUT2D eigenvalue weighted by Crippen LogP contribution is 2.31. The van der Waals surface area contributed by atoms with Crippen molar-refractivity contribution in [2.45, 2.75) is 88.0 Å². The summed E-state index contributed by atoms with van der Waals surface area (Å²) in [7, 11) is 0. The van der Waals surface area contributed by atoms with Crippen LogP contribution in [0.2, 0.25) is 0 Å². The van der Waals surface area contributed by atoms with Gasteiger partial charge in [0.1, 0.15) is 0 Å². The maximum atomic E-state index is 9.58.